The minimum Gasteiger partial charge on any atom is -0.267 e. The van der Waals surface area contributed by atoms with Crippen molar-refractivity contribution in [3.05, 3.63) is 0 Å². The van der Waals surface area contributed by atoms with Crippen molar-refractivity contribution in [3.8, 4) is 0 Å². The van der Waals surface area contributed by atoms with Crippen LogP contribution in [0.2, 0.25) is 0 Å². The predicted octanol–water partition coefficient (Wildman–Crippen LogP) is 0.988. The highest BCUT2D eigenvalue weighted by molar-refractivity contribution is 7.87. The highest BCUT2D eigenvalue weighted by Crippen LogP contribution is 2.11. The van der Waals surface area contributed by atoms with Gasteiger partial charge in [0.15, 0.2) is 0 Å². The Morgan fingerprint density at radius 1 is 0.900 bits per heavy atom. The molecule has 0 spiro atoms. The molecule has 0 aromatic heterocycles. The van der Waals surface area contributed by atoms with Crippen molar-refractivity contribution in [1.82, 2.24) is 0 Å². The van der Waals surface area contributed by atoms with Crippen molar-refractivity contribution in [2.24, 2.45) is 0 Å². The Morgan fingerprint density at radius 2 is 1.35 bits per heavy atom. The molecule has 0 aromatic carbocycles. The highest BCUT2D eigenvalue weighted by Gasteiger charge is 2.26. The lowest BCUT2D eigenvalue weighted by atomic mass is 10.3. The zero-order chi connectivity index (χ0) is 16.0. The second-order valence-corrected chi connectivity index (χ2v) is 6.97. The first-order valence-electron chi connectivity index (χ1n) is 5.31. The lowest BCUT2D eigenvalue weighted by Crippen LogP contribution is -2.29. The first kappa shape index (κ1) is 19.5. The van der Waals surface area contributed by atoms with E-state index in [4.69, 9.17) is 0 Å². The van der Waals surface area contributed by atoms with Crippen LogP contribution in [0.25, 0.3) is 0 Å². The quantitative estimate of drug-likeness (QED) is 0.433. The molecule has 0 aliphatic rings. The summed E-state index contributed by atoms with van der Waals surface area (Å²) in [5, 5.41) is 0. The third-order valence-electron chi connectivity index (χ3n) is 1.83. The van der Waals surface area contributed by atoms with Crippen LogP contribution in [0.3, 0.4) is 0 Å². The Kier molecular flexibility index (Phi) is 7.91. The van der Waals surface area contributed by atoms with Gasteiger partial charge in [0, 0.05) is 0 Å². The van der Waals surface area contributed by atoms with E-state index in [1.54, 1.807) is 0 Å². The van der Waals surface area contributed by atoms with Crippen LogP contribution in [0.5, 0.6) is 0 Å². The molecule has 0 aliphatic heterocycles. The van der Waals surface area contributed by atoms with E-state index in [0.717, 1.165) is 0 Å². The maximum Gasteiger partial charge on any atom is 0.273 e. The minimum atomic E-state index is -4.56. The van der Waals surface area contributed by atoms with Crippen LogP contribution >= 0.6 is 0 Å². The monoisotopic (exact) mass is 346 g/mol. The van der Waals surface area contributed by atoms with E-state index in [-0.39, 0.29) is 6.42 Å². The van der Waals surface area contributed by atoms with Gasteiger partial charge in [0.05, 0.1) is 6.61 Å². The van der Waals surface area contributed by atoms with E-state index in [0.29, 0.717) is 0 Å². The van der Waals surface area contributed by atoms with Crippen molar-refractivity contribution in [1.29, 1.82) is 0 Å². The van der Waals surface area contributed by atoms with E-state index in [9.17, 15) is 34.4 Å². The molecule has 0 saturated carbocycles. The van der Waals surface area contributed by atoms with Crippen LogP contribution in [0.15, 0.2) is 0 Å². The Bertz CT molecular complexity index is 475. The lowest BCUT2D eigenvalue weighted by Gasteiger charge is -2.15. The Labute approximate surface area is 114 Å². The normalized spacial score (nSPS) is 14.9. The van der Waals surface area contributed by atoms with Crippen LogP contribution in [0, 0.1) is 0 Å². The number of halogens is 4. The molecule has 6 nitrogen and oxygen atoms in total. The molecule has 0 bridgehead atoms. The molecule has 0 saturated heterocycles. The van der Waals surface area contributed by atoms with Gasteiger partial charge in [0.2, 0.25) is 0 Å². The molecular formula is C8H14F4O6S2. The highest BCUT2D eigenvalue weighted by atomic mass is 32.2. The number of alkyl halides is 4. The van der Waals surface area contributed by atoms with Crippen molar-refractivity contribution in [2.75, 3.05) is 18.1 Å². The molecule has 1 atom stereocenters. The van der Waals surface area contributed by atoms with Crippen LogP contribution in [-0.2, 0) is 28.6 Å². The van der Waals surface area contributed by atoms with Gasteiger partial charge in [0.25, 0.3) is 33.1 Å². The first-order valence-corrected chi connectivity index (χ1v) is 8.47. The summed E-state index contributed by atoms with van der Waals surface area (Å²) in [4.78, 5) is 0. The Morgan fingerprint density at radius 3 is 1.75 bits per heavy atom. The van der Waals surface area contributed by atoms with E-state index in [2.05, 4.69) is 8.37 Å². The predicted molar refractivity (Wildman–Crippen MR) is 60.7 cm³/mol. The fourth-order valence-electron chi connectivity index (χ4n) is 0.997. The lowest BCUT2D eigenvalue weighted by molar-refractivity contribution is 0.121. The molecule has 122 valence electrons. The van der Waals surface area contributed by atoms with Gasteiger partial charge >= 0.3 is 0 Å². The molecule has 0 fully saturated rings. The van der Waals surface area contributed by atoms with E-state index in [1.165, 1.54) is 6.92 Å². The number of hydrogen-bond donors (Lipinski definition) is 0. The molecule has 0 heterocycles. The van der Waals surface area contributed by atoms with Crippen LogP contribution in [0.1, 0.15) is 13.3 Å². The second-order valence-electron chi connectivity index (χ2n) is 3.64. The molecule has 0 rings (SSSR count). The average molecular weight is 346 g/mol. The molecule has 0 aliphatic carbocycles. The summed E-state index contributed by atoms with van der Waals surface area (Å²) < 4.78 is 100. The van der Waals surface area contributed by atoms with Gasteiger partial charge < -0.3 is 0 Å². The summed E-state index contributed by atoms with van der Waals surface area (Å²) in [6.45, 7) is 0.527. The summed E-state index contributed by atoms with van der Waals surface area (Å²) in [5.74, 6) is -3.10. The zero-order valence-corrected chi connectivity index (χ0v) is 12.0. The van der Waals surface area contributed by atoms with Crippen molar-refractivity contribution < 1.29 is 42.8 Å². The fourth-order valence-corrected chi connectivity index (χ4v) is 2.75. The standard InChI is InChI=1S/C8H14F4O6S2/c1-2-6(18-20(15,16)5-8(11)12)3-17-19(13,14)4-7(9)10/h6-8H,2-5H2,1H3. The molecule has 0 aromatic rings. The first-order chi connectivity index (χ1) is 8.97. The minimum absolute atomic E-state index is 0.0767. The van der Waals surface area contributed by atoms with Gasteiger partial charge in [-0.15, -0.1) is 0 Å². The Balaban J connectivity index is 4.51. The van der Waals surface area contributed by atoms with E-state index in [1.807, 2.05) is 0 Å². The van der Waals surface area contributed by atoms with Crippen LogP contribution in [0.4, 0.5) is 17.6 Å². The number of rotatable bonds is 10. The van der Waals surface area contributed by atoms with Gasteiger partial charge in [-0.2, -0.15) is 16.8 Å². The van der Waals surface area contributed by atoms with Gasteiger partial charge in [0.1, 0.15) is 17.6 Å². The molecule has 0 N–H and O–H groups in total. The Hall–Kier alpha value is -0.460. The molecule has 12 heteroatoms. The molecule has 20 heavy (non-hydrogen) atoms. The largest absolute Gasteiger partial charge is 0.273 e. The fraction of sp³-hybridized carbons (Fsp3) is 1.00. The van der Waals surface area contributed by atoms with Crippen LogP contribution in [-0.4, -0.2) is 53.9 Å². The summed E-state index contributed by atoms with van der Waals surface area (Å²) in [5.41, 5.74) is 0. The summed E-state index contributed by atoms with van der Waals surface area (Å²) in [6, 6.07) is 0. The van der Waals surface area contributed by atoms with Crippen molar-refractivity contribution >= 4 is 20.2 Å². The summed E-state index contributed by atoms with van der Waals surface area (Å²) >= 11 is 0. The van der Waals surface area contributed by atoms with Gasteiger partial charge in [-0.25, -0.2) is 17.6 Å². The average Bonchev–Trinajstić information content (AvgIpc) is 2.20. The third-order valence-corrected chi connectivity index (χ3v) is 4.21. The molecule has 1 unspecified atom stereocenters. The zero-order valence-electron chi connectivity index (χ0n) is 10.3. The summed E-state index contributed by atoms with van der Waals surface area (Å²) in [7, 11) is -9.09. The SMILES string of the molecule is CCC(COS(=O)(=O)CC(F)F)OS(=O)(=O)CC(F)F. The van der Waals surface area contributed by atoms with Gasteiger partial charge in [-0.1, -0.05) is 6.92 Å². The van der Waals surface area contributed by atoms with Crippen molar-refractivity contribution in [2.45, 2.75) is 32.3 Å². The van der Waals surface area contributed by atoms with E-state index >= 15 is 0 Å². The van der Waals surface area contributed by atoms with Crippen molar-refractivity contribution in [3.63, 3.8) is 0 Å². The van der Waals surface area contributed by atoms with Gasteiger partial charge in [-0.05, 0) is 6.42 Å². The molecule has 0 radical (unpaired) electrons. The van der Waals surface area contributed by atoms with E-state index < -0.39 is 57.3 Å². The number of hydrogen-bond acceptors (Lipinski definition) is 6. The topological polar surface area (TPSA) is 86.7 Å². The smallest absolute Gasteiger partial charge is 0.267 e. The molecule has 0 amide bonds. The van der Waals surface area contributed by atoms with Crippen LogP contribution < -0.4 is 0 Å². The second kappa shape index (κ2) is 8.10. The molecular weight excluding hydrogens is 332 g/mol. The van der Waals surface area contributed by atoms with Gasteiger partial charge in [-0.3, -0.25) is 8.37 Å². The third kappa shape index (κ3) is 9.44. The maximum atomic E-state index is 11.9. The summed E-state index contributed by atoms with van der Waals surface area (Å²) in [6.07, 6.45) is -7.73. The maximum absolute atomic E-state index is 11.9.